The lowest BCUT2D eigenvalue weighted by molar-refractivity contribution is 0.379. The quantitative estimate of drug-likeness (QED) is 0.264. The fraction of sp³-hybridized carbons (Fsp3) is 0.138. The monoisotopic (exact) mass is 426 g/mol. The van der Waals surface area contributed by atoms with Gasteiger partial charge in [0.05, 0.1) is 13.1 Å². The van der Waals surface area contributed by atoms with Crippen LogP contribution < -0.4 is 0 Å². The van der Waals surface area contributed by atoms with Gasteiger partial charge >= 0.3 is 0 Å². The first-order valence-corrected chi connectivity index (χ1v) is 11.4. The van der Waals surface area contributed by atoms with E-state index >= 15 is 0 Å². The molecule has 4 aromatic carbocycles. The number of hydrogen-bond donors (Lipinski definition) is 0. The lowest BCUT2D eigenvalue weighted by Gasteiger charge is -2.16. The normalized spacial score (nSPS) is 14.1. The third kappa shape index (κ3) is 2.69. The van der Waals surface area contributed by atoms with Crippen LogP contribution in [0, 0.1) is 11.5 Å². The minimum Gasteiger partial charge on any atom is -0.339 e. The van der Waals surface area contributed by atoms with Gasteiger partial charge in [0.1, 0.15) is 0 Å². The molecule has 0 fully saturated rings. The summed E-state index contributed by atoms with van der Waals surface area (Å²) in [6.45, 7) is 2.99. The second-order valence-electron chi connectivity index (χ2n) is 9.00. The number of fused-ring (bicyclic) bond motifs is 2. The molecular formula is C29H22N4. The fourth-order valence-corrected chi connectivity index (χ4v) is 5.65. The Morgan fingerprint density at radius 2 is 1.00 bits per heavy atom. The number of nitriles is 1. The number of rotatable bonds is 0. The van der Waals surface area contributed by atoms with Crippen LogP contribution >= 0.6 is 0 Å². The number of benzene rings is 4. The Balaban J connectivity index is 1.54. The topological polar surface area (TPSA) is 36.9 Å². The maximum absolute atomic E-state index is 9.90. The molecular weight excluding hydrogens is 404 g/mol. The number of hydrogen-bond acceptors (Lipinski definition) is 2. The van der Waals surface area contributed by atoms with E-state index in [1.54, 1.807) is 0 Å². The lowest BCUT2D eigenvalue weighted by Crippen LogP contribution is -2.16. The molecule has 4 heteroatoms. The van der Waals surface area contributed by atoms with Crippen LogP contribution in [-0.2, 0) is 26.2 Å². The van der Waals surface area contributed by atoms with Crippen molar-refractivity contribution in [2.75, 3.05) is 0 Å². The summed E-state index contributed by atoms with van der Waals surface area (Å²) in [7, 11) is 0. The molecule has 0 unspecified atom stereocenters. The summed E-state index contributed by atoms with van der Waals surface area (Å²) in [5, 5.41) is 15.0. The summed E-state index contributed by atoms with van der Waals surface area (Å²) in [6, 6.07) is 30.7. The van der Waals surface area contributed by atoms with E-state index in [0.717, 1.165) is 24.2 Å². The second kappa shape index (κ2) is 6.88. The number of aryl methyl sites for hydroxylation is 2. The van der Waals surface area contributed by atoms with Crippen molar-refractivity contribution in [2.24, 2.45) is 0 Å². The zero-order valence-electron chi connectivity index (χ0n) is 18.2. The molecule has 0 saturated carbocycles. The SMILES string of the molecule is N#CN1Cc2ccc3c(c2)c2ccccc2n3CCn2c3ccccc3c3cc(ccc32)C1. The average molecular weight is 427 g/mol. The molecule has 33 heavy (non-hydrogen) atoms. The molecule has 4 aliphatic heterocycles. The van der Waals surface area contributed by atoms with Crippen LogP contribution in [0.25, 0.3) is 43.6 Å². The van der Waals surface area contributed by atoms with Crippen molar-refractivity contribution in [1.82, 2.24) is 14.0 Å². The van der Waals surface area contributed by atoms with Gasteiger partial charge in [-0.3, -0.25) is 0 Å². The molecule has 0 spiro atoms. The highest BCUT2D eigenvalue weighted by molar-refractivity contribution is 6.09. The van der Waals surface area contributed by atoms with Crippen molar-refractivity contribution in [3.8, 4) is 6.19 Å². The van der Waals surface area contributed by atoms with Crippen LogP contribution in [0.4, 0.5) is 0 Å². The molecule has 0 atom stereocenters. The predicted molar refractivity (Wildman–Crippen MR) is 134 cm³/mol. The molecule has 10 rings (SSSR count). The lowest BCUT2D eigenvalue weighted by atomic mass is 10.1. The Bertz CT molecular complexity index is 1620. The summed E-state index contributed by atoms with van der Waals surface area (Å²) >= 11 is 0. The highest BCUT2D eigenvalue weighted by Gasteiger charge is 2.16. The smallest absolute Gasteiger partial charge is 0.179 e. The summed E-state index contributed by atoms with van der Waals surface area (Å²) in [6.07, 6.45) is 2.42. The first-order valence-electron chi connectivity index (χ1n) is 11.4. The van der Waals surface area contributed by atoms with Crippen LogP contribution in [0.15, 0.2) is 84.9 Å². The van der Waals surface area contributed by atoms with Crippen LogP contribution in [0.3, 0.4) is 0 Å². The molecule has 0 radical (unpaired) electrons. The van der Waals surface area contributed by atoms with Gasteiger partial charge in [-0.1, -0.05) is 48.5 Å². The van der Waals surface area contributed by atoms with E-state index in [4.69, 9.17) is 0 Å². The maximum Gasteiger partial charge on any atom is 0.179 e. The summed E-state index contributed by atoms with van der Waals surface area (Å²) in [5.41, 5.74) is 7.35. The van der Waals surface area contributed by atoms with E-state index in [9.17, 15) is 5.26 Å². The molecule has 2 aromatic heterocycles. The molecule has 4 nitrogen and oxygen atoms in total. The number of nitrogens with zero attached hydrogens (tertiary/aromatic N) is 4. The molecule has 6 aromatic rings. The van der Waals surface area contributed by atoms with Gasteiger partial charge < -0.3 is 14.0 Å². The van der Waals surface area contributed by atoms with Gasteiger partial charge in [0.15, 0.2) is 6.19 Å². The highest BCUT2D eigenvalue weighted by atomic mass is 15.1. The van der Waals surface area contributed by atoms with Crippen molar-refractivity contribution in [3.05, 3.63) is 96.1 Å². The van der Waals surface area contributed by atoms with Crippen LogP contribution in [0.2, 0.25) is 0 Å². The Morgan fingerprint density at radius 1 is 0.545 bits per heavy atom. The fourth-order valence-electron chi connectivity index (χ4n) is 5.65. The first kappa shape index (κ1) is 18.4. The summed E-state index contributed by atoms with van der Waals surface area (Å²) in [4.78, 5) is 1.85. The van der Waals surface area contributed by atoms with E-state index in [1.165, 1.54) is 43.6 Å². The molecule has 0 N–H and O–H groups in total. The molecule has 0 aliphatic carbocycles. The third-order valence-corrected chi connectivity index (χ3v) is 7.11. The van der Waals surface area contributed by atoms with Gasteiger partial charge in [0.2, 0.25) is 0 Å². The molecule has 158 valence electrons. The maximum atomic E-state index is 9.90. The van der Waals surface area contributed by atoms with Crippen molar-refractivity contribution >= 4 is 43.6 Å². The second-order valence-corrected chi connectivity index (χ2v) is 9.00. The van der Waals surface area contributed by atoms with E-state index < -0.39 is 0 Å². The zero-order valence-corrected chi connectivity index (χ0v) is 18.2. The van der Waals surface area contributed by atoms with Crippen LogP contribution in [0.5, 0.6) is 0 Å². The standard InChI is InChI=1S/C29H22N4/c30-19-31-17-20-9-11-28-24(15-20)22-5-1-3-7-26(22)32(28)13-14-33-27-8-4-2-6-23(27)25-16-21(18-31)10-12-29(25)33/h1-12,15-16H,13-14,17-18H2. The Labute approximate surface area is 191 Å². The number of para-hydroxylation sites is 2. The van der Waals surface area contributed by atoms with Crippen LogP contribution in [-0.4, -0.2) is 14.0 Å². The summed E-state index contributed by atoms with van der Waals surface area (Å²) < 4.78 is 4.90. The molecule has 4 aliphatic rings. The van der Waals surface area contributed by atoms with E-state index in [2.05, 4.69) is 100 Å². The molecule has 0 amide bonds. The van der Waals surface area contributed by atoms with E-state index in [-0.39, 0.29) is 0 Å². The van der Waals surface area contributed by atoms with Gasteiger partial charge in [-0.2, -0.15) is 5.26 Å². The largest absolute Gasteiger partial charge is 0.339 e. The Morgan fingerprint density at radius 3 is 1.48 bits per heavy atom. The van der Waals surface area contributed by atoms with Gasteiger partial charge in [0.25, 0.3) is 0 Å². The van der Waals surface area contributed by atoms with Gasteiger partial charge in [-0.25, -0.2) is 0 Å². The number of aromatic nitrogens is 2. The van der Waals surface area contributed by atoms with Gasteiger partial charge in [-0.15, -0.1) is 0 Å². The van der Waals surface area contributed by atoms with Crippen molar-refractivity contribution in [2.45, 2.75) is 26.2 Å². The Kier molecular flexibility index (Phi) is 3.83. The predicted octanol–water partition coefficient (Wildman–Crippen LogP) is 6.40. The van der Waals surface area contributed by atoms with Crippen molar-refractivity contribution < 1.29 is 0 Å². The summed E-state index contributed by atoms with van der Waals surface area (Å²) in [5.74, 6) is 0. The van der Waals surface area contributed by atoms with Crippen molar-refractivity contribution in [1.29, 1.82) is 5.26 Å². The van der Waals surface area contributed by atoms with E-state index in [1.807, 2.05) is 4.90 Å². The molecule has 8 bridgehead atoms. The average Bonchev–Trinajstić information content (AvgIpc) is 3.33. The first-order chi connectivity index (χ1) is 16.3. The minimum absolute atomic E-state index is 0.603. The van der Waals surface area contributed by atoms with Gasteiger partial charge in [-0.05, 0) is 47.5 Å². The Hall–Kier alpha value is -4.23. The zero-order chi connectivity index (χ0) is 21.9. The van der Waals surface area contributed by atoms with Crippen molar-refractivity contribution in [3.63, 3.8) is 0 Å². The third-order valence-electron chi connectivity index (χ3n) is 7.11. The van der Waals surface area contributed by atoms with Crippen LogP contribution in [0.1, 0.15) is 11.1 Å². The molecule has 0 saturated heterocycles. The van der Waals surface area contributed by atoms with Gasteiger partial charge in [0, 0.05) is 56.7 Å². The van der Waals surface area contributed by atoms with E-state index in [0.29, 0.717) is 13.1 Å². The highest BCUT2D eigenvalue weighted by Crippen LogP contribution is 2.33. The minimum atomic E-state index is 0.603. The molecule has 6 heterocycles.